The van der Waals surface area contributed by atoms with E-state index < -0.39 is 7.12 Å². The monoisotopic (exact) mass is 594 g/mol. The van der Waals surface area contributed by atoms with Crippen LogP contribution in [-0.2, 0) is 0 Å². The molecular formula is C35H33BCl2N2O2. The Bertz CT molecular complexity index is 1480. The van der Waals surface area contributed by atoms with Crippen LogP contribution in [0.2, 0.25) is 5.02 Å². The van der Waals surface area contributed by atoms with Gasteiger partial charge in [-0.2, -0.15) is 0 Å². The molecule has 0 aliphatic heterocycles. The fraction of sp³-hybridized carbons (Fsp3) is 0.0286. The normalized spacial score (nSPS) is 9.40. The molecule has 4 nitrogen and oxygen atoms in total. The summed E-state index contributed by atoms with van der Waals surface area (Å²) in [4.78, 5) is 7.80. The number of hydrogen-bond acceptors (Lipinski definition) is 4. The van der Waals surface area contributed by atoms with Crippen LogP contribution < -0.4 is 5.46 Å². The molecule has 0 radical (unpaired) electrons. The third kappa shape index (κ3) is 10.6. The average molecular weight is 595 g/mol. The lowest BCUT2D eigenvalue weighted by atomic mass is 9.80. The molecule has 2 aromatic heterocycles. The first-order valence-corrected chi connectivity index (χ1v) is 13.1. The van der Waals surface area contributed by atoms with Crippen molar-refractivity contribution >= 4 is 36.6 Å². The first kappa shape index (κ1) is 33.9. The fourth-order valence-corrected chi connectivity index (χ4v) is 3.95. The van der Waals surface area contributed by atoms with Crippen LogP contribution in [0.1, 0.15) is 7.43 Å². The molecule has 0 spiro atoms. The maximum Gasteiger partial charge on any atom is 0.488 e. The van der Waals surface area contributed by atoms with Crippen molar-refractivity contribution < 1.29 is 10.0 Å². The molecular weight excluding hydrogens is 562 g/mol. The molecule has 2 N–H and O–H groups in total. The molecule has 0 aliphatic carbocycles. The van der Waals surface area contributed by atoms with Crippen LogP contribution in [0.3, 0.4) is 0 Å². The van der Waals surface area contributed by atoms with Crippen LogP contribution in [0.15, 0.2) is 158 Å². The summed E-state index contributed by atoms with van der Waals surface area (Å²) < 4.78 is 0. The molecule has 4 aromatic carbocycles. The van der Waals surface area contributed by atoms with Gasteiger partial charge in [-0.05, 0) is 63.1 Å². The minimum atomic E-state index is -1.39. The van der Waals surface area contributed by atoms with E-state index >= 15 is 0 Å². The summed E-state index contributed by atoms with van der Waals surface area (Å²) in [6.45, 7) is 0. The molecule has 6 rings (SSSR count). The Morgan fingerprint density at radius 2 is 0.738 bits per heavy atom. The van der Waals surface area contributed by atoms with Crippen molar-refractivity contribution in [3.8, 4) is 33.4 Å². The van der Waals surface area contributed by atoms with E-state index in [0.717, 1.165) is 16.1 Å². The van der Waals surface area contributed by atoms with E-state index in [-0.39, 0.29) is 19.8 Å². The standard InChI is InChI=1S/C17H13N.C12H11BO2.C5H4ClN.CH4.ClH/c1-2-4-14(5-3-1)15-6-8-16(9-7-15)17-10-12-18-13-11-17;14-13(15)12-8-6-11(7-9-12)10-4-2-1-3-5-10;6-5-1-3-7-4-2-5;;/h1-13H;1-9,14-15H;1-4H;1H4;1H. The molecule has 0 saturated carbocycles. The van der Waals surface area contributed by atoms with Gasteiger partial charge in [0.25, 0.3) is 0 Å². The van der Waals surface area contributed by atoms with Crippen LogP contribution >= 0.6 is 24.0 Å². The van der Waals surface area contributed by atoms with Gasteiger partial charge in [0, 0.05) is 29.8 Å². The molecule has 7 heteroatoms. The highest BCUT2D eigenvalue weighted by atomic mass is 35.5. The van der Waals surface area contributed by atoms with Crippen molar-refractivity contribution in [3.05, 3.63) is 163 Å². The zero-order valence-electron chi connectivity index (χ0n) is 22.2. The van der Waals surface area contributed by atoms with Crippen molar-refractivity contribution in [2.24, 2.45) is 0 Å². The lowest BCUT2D eigenvalue weighted by Crippen LogP contribution is -2.29. The highest BCUT2D eigenvalue weighted by Gasteiger charge is 2.09. The minimum absolute atomic E-state index is 0. The Balaban J connectivity index is 0.000000233. The quantitative estimate of drug-likeness (QED) is 0.202. The molecule has 6 aromatic rings. The molecule has 2 heterocycles. The lowest BCUT2D eigenvalue weighted by molar-refractivity contribution is 0.426. The Morgan fingerprint density at radius 3 is 1.07 bits per heavy atom. The van der Waals surface area contributed by atoms with Crippen LogP contribution in [0.5, 0.6) is 0 Å². The number of pyridine rings is 2. The first-order valence-electron chi connectivity index (χ1n) is 12.7. The summed E-state index contributed by atoms with van der Waals surface area (Å²) in [5, 5.41) is 18.6. The van der Waals surface area contributed by atoms with E-state index in [9.17, 15) is 0 Å². The van der Waals surface area contributed by atoms with Gasteiger partial charge in [-0.25, -0.2) is 0 Å². The number of halogens is 2. The highest BCUT2D eigenvalue weighted by Crippen LogP contribution is 2.24. The molecule has 0 unspecified atom stereocenters. The van der Waals surface area contributed by atoms with Crippen molar-refractivity contribution in [3.63, 3.8) is 0 Å². The summed E-state index contributed by atoms with van der Waals surface area (Å²) in [5.74, 6) is 0. The van der Waals surface area contributed by atoms with E-state index in [1.54, 1.807) is 36.7 Å². The average Bonchev–Trinajstić information content (AvgIpc) is 3.03. The van der Waals surface area contributed by atoms with E-state index in [2.05, 4.69) is 58.5 Å². The van der Waals surface area contributed by atoms with Gasteiger partial charge in [-0.3, -0.25) is 9.97 Å². The second-order valence-corrected chi connectivity index (χ2v) is 9.14. The lowest BCUT2D eigenvalue weighted by Gasteiger charge is -2.04. The molecule has 0 fully saturated rings. The molecule has 0 amide bonds. The largest absolute Gasteiger partial charge is 0.488 e. The maximum atomic E-state index is 8.94. The number of aromatic nitrogens is 2. The third-order valence-corrected chi connectivity index (χ3v) is 6.21. The third-order valence-electron chi connectivity index (χ3n) is 5.96. The zero-order chi connectivity index (χ0) is 28.0. The van der Waals surface area contributed by atoms with Crippen molar-refractivity contribution in [1.82, 2.24) is 9.97 Å². The van der Waals surface area contributed by atoms with Gasteiger partial charge < -0.3 is 10.0 Å². The smallest absolute Gasteiger partial charge is 0.423 e. The van der Waals surface area contributed by atoms with E-state index in [0.29, 0.717) is 5.46 Å². The molecule has 0 atom stereocenters. The zero-order valence-corrected chi connectivity index (χ0v) is 23.7. The SMILES string of the molecule is C.Cl.Clc1ccncc1.OB(O)c1ccc(-c2ccccc2)cc1.c1ccc(-c2ccc(-c3ccncc3)cc2)cc1. The maximum absolute atomic E-state index is 8.94. The van der Waals surface area contributed by atoms with Crippen molar-refractivity contribution in [2.45, 2.75) is 7.43 Å². The van der Waals surface area contributed by atoms with Crippen LogP contribution in [0.4, 0.5) is 0 Å². The van der Waals surface area contributed by atoms with Crippen LogP contribution in [-0.4, -0.2) is 27.1 Å². The predicted octanol–water partition coefficient (Wildman–Crippen LogP) is 8.24. The Labute approximate surface area is 259 Å². The number of hydrogen-bond donors (Lipinski definition) is 2. The van der Waals surface area contributed by atoms with Gasteiger partial charge in [0.05, 0.1) is 0 Å². The predicted molar refractivity (Wildman–Crippen MR) is 180 cm³/mol. The summed E-state index contributed by atoms with van der Waals surface area (Å²) >= 11 is 5.50. The number of rotatable bonds is 4. The topological polar surface area (TPSA) is 66.2 Å². The van der Waals surface area contributed by atoms with E-state index in [4.69, 9.17) is 21.6 Å². The fourth-order valence-electron chi connectivity index (χ4n) is 3.84. The Kier molecular flexibility index (Phi) is 14.7. The molecule has 0 bridgehead atoms. The van der Waals surface area contributed by atoms with Crippen LogP contribution in [0, 0.1) is 0 Å². The summed E-state index contributed by atoms with van der Waals surface area (Å²) in [6, 6.07) is 43.7. The van der Waals surface area contributed by atoms with Crippen LogP contribution in [0.25, 0.3) is 33.4 Å². The van der Waals surface area contributed by atoms with E-state index in [1.807, 2.05) is 73.1 Å². The van der Waals surface area contributed by atoms with Gasteiger partial charge in [0.15, 0.2) is 0 Å². The van der Waals surface area contributed by atoms with Gasteiger partial charge in [-0.15, -0.1) is 12.4 Å². The van der Waals surface area contributed by atoms with Crippen molar-refractivity contribution in [1.29, 1.82) is 0 Å². The van der Waals surface area contributed by atoms with Crippen molar-refractivity contribution in [2.75, 3.05) is 0 Å². The summed E-state index contributed by atoms with van der Waals surface area (Å²) in [5.41, 5.74) is 7.61. The van der Waals surface area contributed by atoms with Gasteiger partial charge in [-0.1, -0.05) is 128 Å². The Morgan fingerprint density at radius 1 is 0.429 bits per heavy atom. The summed E-state index contributed by atoms with van der Waals surface area (Å²) in [7, 11) is -1.39. The van der Waals surface area contributed by atoms with E-state index in [1.165, 1.54) is 22.3 Å². The second kappa shape index (κ2) is 18.2. The Hall–Kier alpha value is -4.26. The van der Waals surface area contributed by atoms with Gasteiger partial charge in [0.2, 0.25) is 0 Å². The van der Waals surface area contributed by atoms with Gasteiger partial charge >= 0.3 is 7.12 Å². The van der Waals surface area contributed by atoms with Gasteiger partial charge in [0.1, 0.15) is 0 Å². The molecule has 42 heavy (non-hydrogen) atoms. The highest BCUT2D eigenvalue weighted by molar-refractivity contribution is 6.58. The first-order chi connectivity index (χ1) is 19.6. The molecule has 0 saturated heterocycles. The minimum Gasteiger partial charge on any atom is -0.423 e. The number of benzene rings is 4. The number of nitrogens with zero attached hydrogens (tertiary/aromatic N) is 2. The molecule has 0 aliphatic rings. The molecule has 212 valence electrons. The second-order valence-electron chi connectivity index (χ2n) is 8.71. The summed E-state index contributed by atoms with van der Waals surface area (Å²) in [6.07, 6.45) is 6.95.